The maximum Gasteiger partial charge on any atom is 0.159 e. The third-order valence-corrected chi connectivity index (χ3v) is 8.13. The lowest BCUT2D eigenvalue weighted by Gasteiger charge is -2.40. The van der Waals surface area contributed by atoms with E-state index in [1.54, 1.807) is 23.9 Å². The fraction of sp³-hybridized carbons (Fsp3) is 0.538. The Morgan fingerprint density at radius 3 is 2.53 bits per heavy atom. The highest BCUT2D eigenvalue weighted by atomic mass is 32.2. The highest BCUT2D eigenvalue weighted by molar-refractivity contribution is 7.99. The van der Waals surface area contributed by atoms with Crippen LogP contribution in [0.15, 0.2) is 46.2 Å². The van der Waals surface area contributed by atoms with E-state index in [2.05, 4.69) is 41.8 Å². The van der Waals surface area contributed by atoms with Gasteiger partial charge < -0.3 is 14.4 Å². The monoisotopic (exact) mass is 456 g/mol. The van der Waals surface area contributed by atoms with E-state index in [1.807, 2.05) is 6.07 Å². The van der Waals surface area contributed by atoms with E-state index in [1.165, 1.54) is 21.6 Å². The van der Waals surface area contributed by atoms with Crippen LogP contribution in [0.25, 0.3) is 0 Å². The van der Waals surface area contributed by atoms with Crippen molar-refractivity contribution in [2.75, 3.05) is 45.9 Å². The zero-order chi connectivity index (χ0) is 22.1. The van der Waals surface area contributed by atoms with Gasteiger partial charge in [0.1, 0.15) is 5.82 Å². The molecule has 0 amide bonds. The molecule has 4 nitrogen and oxygen atoms in total. The Hall–Kier alpha value is -1.44. The molecule has 3 heterocycles. The standard InChI is InChI=1S/C26H33FN2O2S/c1-18(2)19-4-6-24-22(15-19)23(16-20-3-5-21(27)17-25(20)32-24)29-11-9-28(10-12-29)8-7-26-30-13-14-31-26/h3-6,15,17-18,23,26H,7-14,16H2,1-2H3. The number of hydrogen-bond acceptors (Lipinski definition) is 5. The van der Waals surface area contributed by atoms with Gasteiger partial charge in [0.15, 0.2) is 6.29 Å². The molecule has 32 heavy (non-hydrogen) atoms. The summed E-state index contributed by atoms with van der Waals surface area (Å²) in [5.74, 6) is 0.338. The molecule has 0 N–H and O–H groups in total. The molecule has 1 atom stereocenters. The molecule has 5 rings (SSSR count). The van der Waals surface area contributed by atoms with Gasteiger partial charge in [-0.1, -0.05) is 43.8 Å². The van der Waals surface area contributed by atoms with Gasteiger partial charge in [-0.15, -0.1) is 0 Å². The van der Waals surface area contributed by atoms with Crippen LogP contribution in [0.5, 0.6) is 0 Å². The van der Waals surface area contributed by atoms with Crippen LogP contribution in [0.1, 0.15) is 48.9 Å². The lowest BCUT2D eigenvalue weighted by Crippen LogP contribution is -2.48. The molecule has 6 heteroatoms. The maximum absolute atomic E-state index is 14.0. The highest BCUT2D eigenvalue weighted by Gasteiger charge is 2.31. The minimum Gasteiger partial charge on any atom is -0.350 e. The lowest BCUT2D eigenvalue weighted by atomic mass is 9.93. The Labute approximate surface area is 195 Å². The van der Waals surface area contributed by atoms with Crippen LogP contribution in [-0.2, 0) is 15.9 Å². The van der Waals surface area contributed by atoms with Crippen molar-refractivity contribution in [1.29, 1.82) is 0 Å². The number of hydrogen-bond donors (Lipinski definition) is 0. The number of rotatable bonds is 5. The average molecular weight is 457 g/mol. The van der Waals surface area contributed by atoms with E-state index in [9.17, 15) is 4.39 Å². The largest absolute Gasteiger partial charge is 0.350 e. The van der Waals surface area contributed by atoms with E-state index >= 15 is 0 Å². The summed E-state index contributed by atoms with van der Waals surface area (Å²) >= 11 is 1.72. The molecular formula is C26H33FN2O2S. The number of fused-ring (bicyclic) bond motifs is 2. The summed E-state index contributed by atoms with van der Waals surface area (Å²) in [4.78, 5) is 7.49. The van der Waals surface area contributed by atoms with E-state index in [4.69, 9.17) is 9.47 Å². The summed E-state index contributed by atoms with van der Waals surface area (Å²) < 4.78 is 25.2. The van der Waals surface area contributed by atoms with Gasteiger partial charge in [0, 0.05) is 55.0 Å². The molecule has 2 fully saturated rings. The van der Waals surface area contributed by atoms with Crippen LogP contribution in [0.4, 0.5) is 4.39 Å². The minimum atomic E-state index is -0.154. The predicted octanol–water partition coefficient (Wildman–Crippen LogP) is 5.08. The molecule has 2 saturated heterocycles. The summed E-state index contributed by atoms with van der Waals surface area (Å²) in [7, 11) is 0. The molecule has 0 saturated carbocycles. The maximum atomic E-state index is 14.0. The van der Waals surface area contributed by atoms with E-state index < -0.39 is 0 Å². The highest BCUT2D eigenvalue weighted by Crippen LogP contribution is 2.44. The van der Waals surface area contributed by atoms with Crippen molar-refractivity contribution >= 4 is 11.8 Å². The number of nitrogens with zero attached hydrogens (tertiary/aromatic N) is 2. The number of ether oxygens (including phenoxy) is 2. The summed E-state index contributed by atoms with van der Waals surface area (Å²) in [6, 6.07) is 12.5. The van der Waals surface area contributed by atoms with Gasteiger partial charge in [-0.3, -0.25) is 4.90 Å². The van der Waals surface area contributed by atoms with E-state index in [-0.39, 0.29) is 12.1 Å². The Kier molecular flexibility index (Phi) is 6.86. The molecule has 1 unspecified atom stereocenters. The first-order chi connectivity index (χ1) is 15.6. The topological polar surface area (TPSA) is 24.9 Å². The van der Waals surface area contributed by atoms with Gasteiger partial charge >= 0.3 is 0 Å². The van der Waals surface area contributed by atoms with Crippen LogP contribution in [0.3, 0.4) is 0 Å². The first kappa shape index (κ1) is 22.4. The fourth-order valence-corrected chi connectivity index (χ4v) is 6.13. The number of piperazine rings is 1. The van der Waals surface area contributed by atoms with Crippen LogP contribution in [0, 0.1) is 5.82 Å². The molecule has 0 spiro atoms. The zero-order valence-corrected chi connectivity index (χ0v) is 19.9. The van der Waals surface area contributed by atoms with Crippen molar-refractivity contribution in [2.24, 2.45) is 0 Å². The van der Waals surface area contributed by atoms with Gasteiger partial charge in [-0.05, 0) is 47.2 Å². The fourth-order valence-electron chi connectivity index (χ4n) is 4.99. The van der Waals surface area contributed by atoms with E-state index in [0.717, 1.165) is 63.7 Å². The summed E-state index contributed by atoms with van der Waals surface area (Å²) in [5, 5.41) is 0. The van der Waals surface area contributed by atoms with Crippen molar-refractivity contribution in [1.82, 2.24) is 9.80 Å². The lowest BCUT2D eigenvalue weighted by molar-refractivity contribution is -0.0538. The van der Waals surface area contributed by atoms with Crippen LogP contribution < -0.4 is 0 Å². The van der Waals surface area contributed by atoms with Crippen LogP contribution in [0.2, 0.25) is 0 Å². The van der Waals surface area contributed by atoms with Crippen LogP contribution in [-0.4, -0.2) is 62.0 Å². The third kappa shape index (κ3) is 4.90. The van der Waals surface area contributed by atoms with Crippen molar-refractivity contribution in [3.05, 3.63) is 58.9 Å². The summed E-state index contributed by atoms with van der Waals surface area (Å²) in [6.45, 7) is 11.2. The summed E-state index contributed by atoms with van der Waals surface area (Å²) in [5.41, 5.74) is 4.03. The number of halogens is 1. The molecule has 2 aromatic carbocycles. The Morgan fingerprint density at radius 2 is 1.78 bits per heavy atom. The van der Waals surface area contributed by atoms with Gasteiger partial charge in [-0.2, -0.15) is 0 Å². The second kappa shape index (κ2) is 9.82. The minimum absolute atomic E-state index is 0.0230. The number of benzene rings is 2. The molecule has 0 bridgehead atoms. The molecule has 172 valence electrons. The second-order valence-electron chi connectivity index (χ2n) is 9.36. The molecule has 0 aromatic heterocycles. The van der Waals surface area contributed by atoms with Crippen molar-refractivity contribution < 1.29 is 13.9 Å². The molecule has 2 aromatic rings. The predicted molar refractivity (Wildman–Crippen MR) is 126 cm³/mol. The Morgan fingerprint density at radius 1 is 1.00 bits per heavy atom. The molecule has 3 aliphatic heterocycles. The van der Waals surface area contributed by atoms with Gasteiger partial charge in [-0.25, -0.2) is 4.39 Å². The van der Waals surface area contributed by atoms with Crippen LogP contribution >= 0.6 is 11.8 Å². The SMILES string of the molecule is CC(C)c1ccc2c(c1)C(N1CCN(CCC3OCCO3)CC1)Cc1ccc(F)cc1S2. The Balaban J connectivity index is 1.35. The van der Waals surface area contributed by atoms with Gasteiger partial charge in [0.25, 0.3) is 0 Å². The quantitative estimate of drug-likeness (QED) is 0.625. The first-order valence-corrected chi connectivity index (χ1v) is 12.7. The van der Waals surface area contributed by atoms with Gasteiger partial charge in [0.2, 0.25) is 0 Å². The zero-order valence-electron chi connectivity index (χ0n) is 19.1. The molecular weight excluding hydrogens is 423 g/mol. The smallest absolute Gasteiger partial charge is 0.159 e. The van der Waals surface area contributed by atoms with Gasteiger partial charge in [0.05, 0.1) is 13.2 Å². The Bertz CT molecular complexity index is 939. The summed E-state index contributed by atoms with van der Waals surface area (Å²) in [6.07, 6.45) is 1.85. The molecule has 0 radical (unpaired) electrons. The van der Waals surface area contributed by atoms with Crippen molar-refractivity contribution in [3.8, 4) is 0 Å². The van der Waals surface area contributed by atoms with E-state index in [0.29, 0.717) is 12.0 Å². The first-order valence-electron chi connectivity index (χ1n) is 11.9. The normalized spacial score (nSPS) is 22.7. The molecule has 0 aliphatic carbocycles. The molecule has 3 aliphatic rings. The third-order valence-electron chi connectivity index (χ3n) is 6.94. The van der Waals surface area contributed by atoms with Crippen molar-refractivity contribution in [2.45, 2.75) is 54.7 Å². The van der Waals surface area contributed by atoms with Crippen molar-refractivity contribution in [3.63, 3.8) is 0 Å². The average Bonchev–Trinajstić information content (AvgIpc) is 3.26. The second-order valence-corrected chi connectivity index (χ2v) is 10.4.